The third-order valence-electron chi connectivity index (χ3n) is 0. The van der Waals surface area contributed by atoms with Crippen LogP contribution in [0, 0.1) is 13.8 Å². The molecule has 0 saturated carbocycles. The average molecular weight is 97.9 g/mol. The Hall–Kier alpha value is 0.519. The van der Waals surface area contributed by atoms with Crippen LogP contribution in [0.15, 0.2) is 0 Å². The largest absolute Gasteiger partial charge is 2.00 e. The topological polar surface area (TPSA) is 0 Å². The summed E-state index contributed by atoms with van der Waals surface area (Å²) in [6.45, 7) is 6.75. The van der Waals surface area contributed by atoms with Crippen LogP contribution in [0.2, 0.25) is 0 Å². The van der Waals surface area contributed by atoms with Gasteiger partial charge in [0.15, 0.2) is 0 Å². The zero-order valence-electron chi connectivity index (χ0n) is 2.47. The minimum absolute atomic E-state index is 0. The second-order valence-corrected chi connectivity index (χ2v) is 0.354. The molecule has 0 bridgehead atoms. The first-order valence-corrected chi connectivity index (χ1v) is 1.000. The van der Waals surface area contributed by atoms with Gasteiger partial charge >= 0.3 is 17.1 Å². The maximum atomic E-state index is 3.38. The predicted octanol–water partition coefficient (Wildman–Crippen LogP) is 1.04. The van der Waals surface area contributed by atoms with E-state index in [9.17, 15) is 0 Å². The van der Waals surface area contributed by atoms with Gasteiger partial charge < -0.3 is 20.3 Å². The molecule has 0 nitrogen and oxygen atoms in total. The molecule has 4 heavy (non-hydrogen) atoms. The fourth-order valence-electron chi connectivity index (χ4n) is 0. The molecule has 0 unspecified atom stereocenters. The molecule has 0 radical (unpaired) electrons. The quantitative estimate of drug-likeness (QED) is 0.313. The van der Waals surface area contributed by atoms with Crippen molar-refractivity contribution in [2.45, 2.75) is 6.42 Å². The molecule has 0 saturated heterocycles. The number of hydrogen-bond acceptors (Lipinski definition) is 0. The summed E-state index contributed by atoms with van der Waals surface area (Å²) < 4.78 is 0. The SMILES string of the molecule is [CH2-]C[CH2-].[Fe+2]. The van der Waals surface area contributed by atoms with Gasteiger partial charge in [-0.1, -0.05) is 0 Å². The van der Waals surface area contributed by atoms with Gasteiger partial charge in [-0.2, -0.15) is 0 Å². The van der Waals surface area contributed by atoms with E-state index in [1.807, 2.05) is 0 Å². The summed E-state index contributed by atoms with van der Waals surface area (Å²) in [7, 11) is 0. The van der Waals surface area contributed by atoms with Crippen molar-refractivity contribution < 1.29 is 17.1 Å². The molecule has 0 rings (SSSR count). The number of hydrogen-bond donors (Lipinski definition) is 0. The Morgan fingerprint density at radius 3 is 1.25 bits per heavy atom. The van der Waals surface area contributed by atoms with E-state index in [4.69, 9.17) is 0 Å². The Morgan fingerprint density at radius 2 is 1.25 bits per heavy atom. The van der Waals surface area contributed by atoms with Crippen LogP contribution in [0.5, 0.6) is 0 Å². The van der Waals surface area contributed by atoms with E-state index in [1.165, 1.54) is 0 Å². The first kappa shape index (κ1) is 8.82. The predicted molar refractivity (Wildman–Crippen MR) is 15.3 cm³/mol. The Morgan fingerprint density at radius 1 is 1.25 bits per heavy atom. The summed E-state index contributed by atoms with van der Waals surface area (Å²) in [6.07, 6.45) is 0.750. The summed E-state index contributed by atoms with van der Waals surface area (Å²) in [6, 6.07) is 0. The van der Waals surface area contributed by atoms with Gasteiger partial charge in [0.1, 0.15) is 0 Å². The minimum Gasteiger partial charge on any atom is -0.372 e. The van der Waals surface area contributed by atoms with Crippen molar-refractivity contribution in [2.75, 3.05) is 0 Å². The van der Waals surface area contributed by atoms with Gasteiger partial charge in [0.25, 0.3) is 0 Å². The van der Waals surface area contributed by atoms with Gasteiger partial charge in [0.05, 0.1) is 0 Å². The van der Waals surface area contributed by atoms with E-state index in [-0.39, 0.29) is 17.1 Å². The minimum atomic E-state index is 0. The maximum Gasteiger partial charge on any atom is 2.00 e. The van der Waals surface area contributed by atoms with Crippen LogP contribution < -0.4 is 0 Å². The van der Waals surface area contributed by atoms with Crippen molar-refractivity contribution in [3.63, 3.8) is 0 Å². The van der Waals surface area contributed by atoms with Crippen LogP contribution in [-0.2, 0) is 17.1 Å². The van der Waals surface area contributed by atoms with Gasteiger partial charge in [-0.25, -0.2) is 0 Å². The van der Waals surface area contributed by atoms with Crippen LogP contribution in [0.25, 0.3) is 0 Å². The third kappa shape index (κ3) is 21.6. The summed E-state index contributed by atoms with van der Waals surface area (Å²) in [4.78, 5) is 0. The molecule has 26 valence electrons. The van der Waals surface area contributed by atoms with Crippen LogP contribution in [0.1, 0.15) is 6.42 Å². The van der Waals surface area contributed by atoms with Crippen molar-refractivity contribution in [3.05, 3.63) is 13.8 Å². The molecular weight excluding hydrogens is 91.9 g/mol. The second-order valence-electron chi connectivity index (χ2n) is 0.354. The van der Waals surface area contributed by atoms with Crippen molar-refractivity contribution in [1.82, 2.24) is 0 Å². The second kappa shape index (κ2) is 9.68. The molecule has 0 amide bonds. The molecule has 0 aliphatic carbocycles. The Balaban J connectivity index is 0. The van der Waals surface area contributed by atoms with Gasteiger partial charge in [-0.05, 0) is 0 Å². The Kier molecular flexibility index (Phi) is 21.3. The van der Waals surface area contributed by atoms with E-state index in [2.05, 4.69) is 13.8 Å². The molecule has 0 aromatic heterocycles. The smallest absolute Gasteiger partial charge is 0.372 e. The molecule has 0 spiro atoms. The van der Waals surface area contributed by atoms with Crippen molar-refractivity contribution >= 4 is 0 Å². The molecule has 0 aromatic carbocycles. The summed E-state index contributed by atoms with van der Waals surface area (Å²) in [5.41, 5.74) is 0. The van der Waals surface area contributed by atoms with Gasteiger partial charge in [0.2, 0.25) is 0 Å². The van der Waals surface area contributed by atoms with Gasteiger partial charge in [0, 0.05) is 0 Å². The molecule has 0 heterocycles. The molecule has 0 aromatic rings. The maximum absolute atomic E-state index is 3.38. The summed E-state index contributed by atoms with van der Waals surface area (Å²) in [5.74, 6) is 0. The zero-order chi connectivity index (χ0) is 2.71. The van der Waals surface area contributed by atoms with E-state index >= 15 is 0 Å². The van der Waals surface area contributed by atoms with Gasteiger partial charge in [-0.15, -0.1) is 0 Å². The fourth-order valence-corrected chi connectivity index (χ4v) is 0. The van der Waals surface area contributed by atoms with E-state index in [1.54, 1.807) is 0 Å². The van der Waals surface area contributed by atoms with Crippen molar-refractivity contribution in [3.8, 4) is 0 Å². The van der Waals surface area contributed by atoms with Crippen LogP contribution in [0.4, 0.5) is 0 Å². The van der Waals surface area contributed by atoms with Gasteiger partial charge in [-0.3, -0.25) is 0 Å². The average Bonchev–Trinajstić information content (AvgIpc) is 0.918. The normalized spacial score (nSPS) is 4.50. The van der Waals surface area contributed by atoms with Crippen molar-refractivity contribution in [1.29, 1.82) is 0 Å². The monoisotopic (exact) mass is 98.0 g/mol. The number of rotatable bonds is 0. The molecule has 0 N–H and O–H groups in total. The Bertz CT molecular complexity index is 3.25. The molecule has 0 fully saturated rings. The zero-order valence-corrected chi connectivity index (χ0v) is 3.58. The fraction of sp³-hybridized carbons (Fsp3) is 0.333. The summed E-state index contributed by atoms with van der Waals surface area (Å²) in [5, 5.41) is 0. The molecule has 0 aliphatic heterocycles. The third-order valence-corrected chi connectivity index (χ3v) is 0. The van der Waals surface area contributed by atoms with E-state index in [0.29, 0.717) is 0 Å². The van der Waals surface area contributed by atoms with Crippen LogP contribution in [-0.4, -0.2) is 0 Å². The van der Waals surface area contributed by atoms with Crippen LogP contribution in [0.3, 0.4) is 0 Å². The first-order chi connectivity index (χ1) is 1.41. The standard InChI is InChI=1S/C3H6.Fe/c1-3-2;/h1-3H2;/q-2;+2. The molecular formula is C3H6Fe. The van der Waals surface area contributed by atoms with Crippen LogP contribution >= 0.6 is 0 Å². The van der Waals surface area contributed by atoms with E-state index < -0.39 is 0 Å². The molecule has 0 atom stereocenters. The molecule has 1 heteroatoms. The first-order valence-electron chi connectivity index (χ1n) is 1.000. The molecule has 0 aliphatic rings. The van der Waals surface area contributed by atoms with E-state index in [0.717, 1.165) is 6.42 Å². The van der Waals surface area contributed by atoms with Crippen molar-refractivity contribution in [2.24, 2.45) is 0 Å². The summed E-state index contributed by atoms with van der Waals surface area (Å²) >= 11 is 0. The Labute approximate surface area is 38.1 Å².